The average molecular weight is 639 g/mol. The van der Waals surface area contributed by atoms with Gasteiger partial charge in [-0.15, -0.1) is 0 Å². The van der Waals surface area contributed by atoms with Crippen LogP contribution >= 0.6 is 0 Å². The third-order valence-electron chi connectivity index (χ3n) is 10.7. The summed E-state index contributed by atoms with van der Waals surface area (Å²) in [6.45, 7) is 8.61. The monoisotopic (exact) mass is 638 g/mol. The molecule has 0 saturated carbocycles. The highest BCUT2D eigenvalue weighted by molar-refractivity contribution is 6.13. The summed E-state index contributed by atoms with van der Waals surface area (Å²) in [5, 5.41) is 9.77. The molecule has 236 valence electrons. The smallest absolute Gasteiger partial charge is 0.0541 e. The minimum absolute atomic E-state index is 1.03. The first kappa shape index (κ1) is 28.6. The lowest BCUT2D eigenvalue weighted by Gasteiger charge is -2.17. The number of aromatic nitrogens is 2. The lowest BCUT2D eigenvalue weighted by molar-refractivity contribution is 0.978. The van der Waals surface area contributed by atoms with E-state index in [1.807, 2.05) is 6.08 Å². The van der Waals surface area contributed by atoms with Crippen molar-refractivity contribution in [3.63, 3.8) is 0 Å². The van der Waals surface area contributed by atoms with E-state index in [0.29, 0.717) is 0 Å². The highest BCUT2D eigenvalue weighted by Gasteiger charge is 2.18. The SMILES string of the molecule is C=C/C=c1\c(=C)c2c(c3ccc(-n4c5ccccc5c5cc(-c6ccc7c(c6)c6ccccc6n7-c6ccccc6)ccc54)cc13)C=CCC2. The highest BCUT2D eigenvalue weighted by atomic mass is 15.0. The van der Waals surface area contributed by atoms with Crippen LogP contribution in [0, 0.1) is 0 Å². The maximum Gasteiger partial charge on any atom is 0.0541 e. The number of para-hydroxylation sites is 3. The molecule has 50 heavy (non-hydrogen) atoms. The van der Waals surface area contributed by atoms with Gasteiger partial charge in [-0.05, 0) is 117 Å². The van der Waals surface area contributed by atoms with Gasteiger partial charge in [0, 0.05) is 32.9 Å². The Morgan fingerprint density at radius 1 is 0.520 bits per heavy atom. The van der Waals surface area contributed by atoms with E-state index in [0.717, 1.165) is 29.0 Å². The first-order chi connectivity index (χ1) is 24.7. The molecule has 0 unspecified atom stereocenters. The molecule has 0 radical (unpaired) electrons. The minimum Gasteiger partial charge on any atom is -0.309 e. The van der Waals surface area contributed by atoms with Crippen molar-refractivity contribution in [1.82, 2.24) is 9.13 Å². The van der Waals surface area contributed by atoms with Gasteiger partial charge in [-0.2, -0.15) is 0 Å². The first-order valence-corrected chi connectivity index (χ1v) is 17.4. The van der Waals surface area contributed by atoms with Crippen molar-refractivity contribution >= 4 is 73.1 Å². The Balaban J connectivity index is 1.18. The Labute approximate surface area is 290 Å². The number of allylic oxidation sites excluding steroid dienone is 2. The molecule has 2 aromatic heterocycles. The topological polar surface area (TPSA) is 9.86 Å². The summed E-state index contributed by atoms with van der Waals surface area (Å²) in [6.07, 6.45) is 10.7. The van der Waals surface area contributed by atoms with Crippen LogP contribution in [0.4, 0.5) is 0 Å². The Morgan fingerprint density at radius 3 is 1.78 bits per heavy atom. The lowest BCUT2D eigenvalue weighted by Crippen LogP contribution is -2.30. The predicted molar refractivity (Wildman–Crippen MR) is 215 cm³/mol. The van der Waals surface area contributed by atoms with Crippen LogP contribution in [-0.4, -0.2) is 9.13 Å². The summed E-state index contributed by atoms with van der Waals surface area (Å²) >= 11 is 0. The van der Waals surface area contributed by atoms with E-state index in [1.165, 1.54) is 82.3 Å². The molecule has 0 atom stereocenters. The van der Waals surface area contributed by atoms with E-state index in [4.69, 9.17) is 0 Å². The summed E-state index contributed by atoms with van der Waals surface area (Å²) in [6, 6.07) is 48.9. The quantitative estimate of drug-likeness (QED) is 0.182. The summed E-state index contributed by atoms with van der Waals surface area (Å²) < 4.78 is 4.79. The Morgan fingerprint density at radius 2 is 1.12 bits per heavy atom. The molecule has 7 aromatic carbocycles. The average Bonchev–Trinajstić information content (AvgIpc) is 3.69. The fourth-order valence-electron chi connectivity index (χ4n) is 8.43. The zero-order valence-corrected chi connectivity index (χ0v) is 27.7. The minimum atomic E-state index is 1.03. The van der Waals surface area contributed by atoms with Crippen molar-refractivity contribution < 1.29 is 0 Å². The van der Waals surface area contributed by atoms with Crippen LogP contribution in [0.5, 0.6) is 0 Å². The lowest BCUT2D eigenvalue weighted by atomic mass is 9.89. The van der Waals surface area contributed by atoms with Gasteiger partial charge in [0.2, 0.25) is 0 Å². The van der Waals surface area contributed by atoms with Crippen LogP contribution in [-0.2, 0) is 6.42 Å². The van der Waals surface area contributed by atoms with Crippen LogP contribution in [0.25, 0.3) is 95.6 Å². The molecule has 9 aromatic rings. The molecule has 1 aliphatic rings. The van der Waals surface area contributed by atoms with Crippen LogP contribution in [0.15, 0.2) is 152 Å². The summed E-state index contributed by atoms with van der Waals surface area (Å²) in [5.74, 6) is 0. The summed E-state index contributed by atoms with van der Waals surface area (Å²) in [4.78, 5) is 0. The van der Waals surface area contributed by atoms with Crippen molar-refractivity contribution in [2.45, 2.75) is 12.8 Å². The van der Waals surface area contributed by atoms with Gasteiger partial charge in [0.1, 0.15) is 0 Å². The number of rotatable bonds is 4. The van der Waals surface area contributed by atoms with Gasteiger partial charge in [0.05, 0.1) is 22.1 Å². The molecule has 2 heteroatoms. The second-order valence-corrected chi connectivity index (χ2v) is 13.4. The van der Waals surface area contributed by atoms with Crippen molar-refractivity contribution in [2.24, 2.45) is 0 Å². The first-order valence-electron chi connectivity index (χ1n) is 17.4. The Hall–Kier alpha value is -6.38. The van der Waals surface area contributed by atoms with Gasteiger partial charge in [0.25, 0.3) is 0 Å². The van der Waals surface area contributed by atoms with Gasteiger partial charge in [-0.25, -0.2) is 0 Å². The maximum absolute atomic E-state index is 4.56. The second kappa shape index (κ2) is 11.1. The number of fused-ring (bicyclic) bond motifs is 9. The standard InChI is InChI=1S/C48H34N2/c1-3-13-36-31(2)37-16-7-8-17-38(37)39-25-24-35(30-42(36)39)50-46-21-12-10-19-41(46)44-29-33(23-27-48(44)50)32-22-26-47-43(28-32)40-18-9-11-20-45(40)49(47)34-14-5-4-6-15-34/h3-6,8-15,17-30H,1-2,7,16H2/b36-13+. The van der Waals surface area contributed by atoms with Crippen molar-refractivity contribution in [3.05, 3.63) is 174 Å². The third kappa shape index (κ3) is 4.15. The molecule has 0 amide bonds. The van der Waals surface area contributed by atoms with Crippen LogP contribution in [0.2, 0.25) is 0 Å². The third-order valence-corrected chi connectivity index (χ3v) is 10.7. The summed E-state index contributed by atoms with van der Waals surface area (Å²) in [5.41, 5.74) is 12.2. The van der Waals surface area contributed by atoms with Crippen LogP contribution in [0.3, 0.4) is 0 Å². The van der Waals surface area contributed by atoms with E-state index in [2.05, 4.69) is 174 Å². The molecular formula is C48H34N2. The van der Waals surface area contributed by atoms with Gasteiger partial charge >= 0.3 is 0 Å². The molecule has 0 N–H and O–H groups in total. The normalized spacial score (nSPS) is 13.2. The van der Waals surface area contributed by atoms with E-state index < -0.39 is 0 Å². The van der Waals surface area contributed by atoms with E-state index in [1.54, 1.807) is 0 Å². The molecule has 0 saturated heterocycles. The molecule has 0 spiro atoms. The van der Waals surface area contributed by atoms with Crippen LogP contribution in [0.1, 0.15) is 17.5 Å². The second-order valence-electron chi connectivity index (χ2n) is 13.4. The molecule has 0 aliphatic heterocycles. The predicted octanol–water partition coefficient (Wildman–Crippen LogP) is 11.0. The fourth-order valence-corrected chi connectivity index (χ4v) is 8.43. The fraction of sp³-hybridized carbons (Fsp3) is 0.0417. The molecule has 0 bridgehead atoms. The van der Waals surface area contributed by atoms with Gasteiger partial charge in [-0.3, -0.25) is 0 Å². The largest absolute Gasteiger partial charge is 0.309 e. The highest BCUT2D eigenvalue weighted by Crippen LogP contribution is 2.38. The van der Waals surface area contributed by atoms with E-state index in [-0.39, 0.29) is 0 Å². The molecule has 2 nitrogen and oxygen atoms in total. The van der Waals surface area contributed by atoms with Crippen LogP contribution < -0.4 is 10.4 Å². The van der Waals surface area contributed by atoms with Crippen molar-refractivity contribution in [3.8, 4) is 22.5 Å². The van der Waals surface area contributed by atoms with Gasteiger partial charge < -0.3 is 9.13 Å². The number of nitrogens with zero attached hydrogens (tertiary/aromatic N) is 2. The molecular weight excluding hydrogens is 605 g/mol. The molecule has 0 fully saturated rings. The molecule has 1 aliphatic carbocycles. The zero-order chi connectivity index (χ0) is 33.3. The van der Waals surface area contributed by atoms with E-state index >= 15 is 0 Å². The Bertz CT molecular complexity index is 3010. The van der Waals surface area contributed by atoms with E-state index in [9.17, 15) is 0 Å². The molecule has 2 heterocycles. The van der Waals surface area contributed by atoms with Crippen molar-refractivity contribution in [2.75, 3.05) is 0 Å². The van der Waals surface area contributed by atoms with Gasteiger partial charge in [-0.1, -0.05) is 110 Å². The van der Waals surface area contributed by atoms with Crippen molar-refractivity contribution in [1.29, 1.82) is 0 Å². The van der Waals surface area contributed by atoms with Gasteiger partial charge in [0.15, 0.2) is 0 Å². The number of benzene rings is 7. The Kier molecular flexibility index (Phi) is 6.34. The number of hydrogen-bond donors (Lipinski definition) is 0. The summed E-state index contributed by atoms with van der Waals surface area (Å²) in [7, 11) is 0. The number of hydrogen-bond acceptors (Lipinski definition) is 0. The molecule has 10 rings (SSSR count). The zero-order valence-electron chi connectivity index (χ0n) is 27.7. The maximum atomic E-state index is 4.56.